The van der Waals surface area contributed by atoms with E-state index in [2.05, 4.69) is 29.0 Å². The molecule has 0 bridgehead atoms. The summed E-state index contributed by atoms with van der Waals surface area (Å²) in [7, 11) is -0.972. The Bertz CT molecular complexity index is 883. The van der Waals surface area contributed by atoms with E-state index in [0.29, 0.717) is 25.7 Å². The third-order valence-corrected chi connectivity index (χ3v) is 7.94. The van der Waals surface area contributed by atoms with Gasteiger partial charge in [-0.25, -0.2) is 4.79 Å². The third kappa shape index (κ3) is 4.73. The summed E-state index contributed by atoms with van der Waals surface area (Å²) in [6.45, 7) is 8.16. The number of piperidine rings is 1. The number of likely N-dealkylation sites (tertiary alicyclic amines) is 1. The van der Waals surface area contributed by atoms with Crippen molar-refractivity contribution in [3.05, 3.63) is 59.4 Å². The van der Waals surface area contributed by atoms with Crippen molar-refractivity contribution < 1.29 is 9.00 Å². The summed E-state index contributed by atoms with van der Waals surface area (Å²) in [4.78, 5) is 21.7. The smallest absolute Gasteiger partial charge is 0.318 e. The zero-order chi connectivity index (χ0) is 21.1. The molecule has 0 saturated carbocycles. The summed E-state index contributed by atoms with van der Waals surface area (Å²) in [6, 6.07) is 10.3. The Kier molecular flexibility index (Phi) is 6.49. The fraction of sp³-hybridized carbons (Fsp3) is 0.478. The number of urea groups is 1. The third-order valence-electron chi connectivity index (χ3n) is 6.12. The van der Waals surface area contributed by atoms with Gasteiger partial charge in [-0.15, -0.1) is 0 Å². The molecular formula is C23H30N4O2S. The van der Waals surface area contributed by atoms with Gasteiger partial charge in [0.1, 0.15) is 0 Å². The maximum absolute atomic E-state index is 12.9. The van der Waals surface area contributed by atoms with Gasteiger partial charge in [0, 0.05) is 48.2 Å². The van der Waals surface area contributed by atoms with Gasteiger partial charge in [0.2, 0.25) is 0 Å². The second-order valence-electron chi connectivity index (χ2n) is 8.43. The lowest BCUT2D eigenvalue weighted by molar-refractivity contribution is 0.187. The largest absolute Gasteiger partial charge is 0.334 e. The van der Waals surface area contributed by atoms with Gasteiger partial charge in [-0.1, -0.05) is 12.1 Å². The van der Waals surface area contributed by atoms with Gasteiger partial charge in [0.05, 0.1) is 10.8 Å². The Hall–Kier alpha value is -2.25. The number of nitrogens with zero attached hydrogens (tertiary/aromatic N) is 3. The molecule has 1 atom stereocenters. The highest BCUT2D eigenvalue weighted by atomic mass is 32.2. The van der Waals surface area contributed by atoms with Crippen LogP contribution in [0.5, 0.6) is 0 Å². The van der Waals surface area contributed by atoms with Crippen molar-refractivity contribution in [1.82, 2.24) is 20.1 Å². The second kappa shape index (κ2) is 9.27. The van der Waals surface area contributed by atoms with Gasteiger partial charge in [0.25, 0.3) is 0 Å². The van der Waals surface area contributed by atoms with Crippen LogP contribution in [0.1, 0.15) is 43.4 Å². The van der Waals surface area contributed by atoms with Crippen LogP contribution in [-0.2, 0) is 30.4 Å². The van der Waals surface area contributed by atoms with Crippen LogP contribution in [0.2, 0.25) is 0 Å². The molecule has 0 aliphatic carbocycles. The van der Waals surface area contributed by atoms with E-state index in [-0.39, 0.29) is 11.3 Å². The first-order valence-electron chi connectivity index (χ1n) is 10.7. The van der Waals surface area contributed by atoms with Gasteiger partial charge >= 0.3 is 6.03 Å². The van der Waals surface area contributed by atoms with Crippen molar-refractivity contribution in [2.24, 2.45) is 0 Å². The highest BCUT2D eigenvalue weighted by molar-refractivity contribution is 7.85. The molecule has 4 rings (SSSR count). The maximum atomic E-state index is 12.9. The number of nitrogens with one attached hydrogen (secondary N) is 1. The molecule has 2 amide bonds. The molecule has 6 nitrogen and oxygen atoms in total. The molecule has 2 aliphatic rings. The Morgan fingerprint density at radius 2 is 1.83 bits per heavy atom. The lowest BCUT2D eigenvalue weighted by Crippen LogP contribution is -2.41. The van der Waals surface area contributed by atoms with Crippen molar-refractivity contribution in [1.29, 1.82) is 0 Å². The molecule has 0 radical (unpaired) electrons. The van der Waals surface area contributed by atoms with Gasteiger partial charge < -0.3 is 15.1 Å². The number of carbonyl (C=O) groups excluding carboxylic acids is 1. The predicted molar refractivity (Wildman–Crippen MR) is 118 cm³/mol. The second-order valence-corrected chi connectivity index (χ2v) is 10.2. The standard InChI is InChI=1S/C23H30N4O2S/c1-17(2)26-11-8-22(9-12-26)30(29)21-5-3-18(4-6-21)13-25-23(28)27-15-19-7-10-24-14-20(19)16-27/h3-7,10,14,17,22H,8-9,11-13,15-16H2,1-2H3,(H,25,28). The van der Waals surface area contributed by atoms with E-state index in [0.717, 1.165) is 47.5 Å². The van der Waals surface area contributed by atoms with Crippen LogP contribution in [0, 0.1) is 0 Å². The number of aromatic nitrogens is 1. The van der Waals surface area contributed by atoms with E-state index >= 15 is 0 Å². The SMILES string of the molecule is CC(C)N1CCC(S(=O)c2ccc(CNC(=O)N3Cc4ccncc4C3)cc2)CC1. The van der Waals surface area contributed by atoms with Gasteiger partial charge in [-0.05, 0) is 74.7 Å². The van der Waals surface area contributed by atoms with Crippen LogP contribution in [0.25, 0.3) is 0 Å². The van der Waals surface area contributed by atoms with Gasteiger partial charge in [0.15, 0.2) is 0 Å². The summed E-state index contributed by atoms with van der Waals surface area (Å²) < 4.78 is 12.9. The van der Waals surface area contributed by atoms with E-state index in [1.807, 2.05) is 36.5 Å². The topological polar surface area (TPSA) is 65.5 Å². The molecule has 3 heterocycles. The number of fused-ring (bicyclic) bond motifs is 1. The molecule has 1 N–H and O–H groups in total. The maximum Gasteiger partial charge on any atom is 0.318 e. The molecule has 7 heteroatoms. The lowest BCUT2D eigenvalue weighted by Gasteiger charge is -2.34. The minimum Gasteiger partial charge on any atom is -0.334 e. The fourth-order valence-corrected chi connectivity index (χ4v) is 5.62. The molecule has 2 aromatic rings. The molecule has 1 saturated heterocycles. The minimum absolute atomic E-state index is 0.0734. The summed E-state index contributed by atoms with van der Waals surface area (Å²) in [6.07, 6.45) is 5.56. The number of carbonyl (C=O) groups is 1. The van der Waals surface area contributed by atoms with Gasteiger partial charge in [-0.3, -0.25) is 9.19 Å². The summed E-state index contributed by atoms with van der Waals surface area (Å²) in [5.74, 6) is 0. The molecule has 1 fully saturated rings. The molecule has 1 aromatic carbocycles. The highest BCUT2D eigenvalue weighted by Gasteiger charge is 2.26. The summed E-state index contributed by atoms with van der Waals surface area (Å²) in [5.41, 5.74) is 3.28. The van der Waals surface area contributed by atoms with Crippen LogP contribution < -0.4 is 5.32 Å². The zero-order valence-corrected chi connectivity index (χ0v) is 18.5. The Morgan fingerprint density at radius 1 is 1.13 bits per heavy atom. The number of pyridine rings is 1. The monoisotopic (exact) mass is 426 g/mol. The quantitative estimate of drug-likeness (QED) is 0.797. The van der Waals surface area contributed by atoms with Crippen LogP contribution in [-0.4, -0.2) is 49.4 Å². The van der Waals surface area contributed by atoms with E-state index in [1.54, 1.807) is 11.1 Å². The average Bonchev–Trinajstić information content (AvgIpc) is 3.22. The number of amides is 2. The van der Waals surface area contributed by atoms with Crippen LogP contribution in [0.4, 0.5) is 4.79 Å². The normalized spacial score (nSPS) is 18.4. The first-order chi connectivity index (χ1) is 14.5. The lowest BCUT2D eigenvalue weighted by atomic mass is 10.1. The molecule has 160 valence electrons. The number of hydrogen-bond donors (Lipinski definition) is 1. The van der Waals surface area contributed by atoms with Gasteiger partial charge in [-0.2, -0.15) is 0 Å². The van der Waals surface area contributed by atoms with Crippen molar-refractivity contribution in [2.75, 3.05) is 13.1 Å². The first-order valence-corrected chi connectivity index (χ1v) is 11.9. The molecule has 30 heavy (non-hydrogen) atoms. The van der Waals surface area contributed by atoms with E-state index in [9.17, 15) is 9.00 Å². The predicted octanol–water partition coefficient (Wildman–Crippen LogP) is 3.29. The minimum atomic E-state index is -0.972. The Labute approximate surface area is 181 Å². The molecule has 1 unspecified atom stereocenters. The van der Waals surface area contributed by atoms with Crippen molar-refractivity contribution in [2.45, 2.75) is 62.5 Å². The number of benzene rings is 1. The first kappa shape index (κ1) is 21.0. The van der Waals surface area contributed by atoms with E-state index in [1.165, 1.54) is 0 Å². The number of rotatable bonds is 5. The van der Waals surface area contributed by atoms with Crippen molar-refractivity contribution in [3.8, 4) is 0 Å². The molecule has 2 aliphatic heterocycles. The van der Waals surface area contributed by atoms with E-state index < -0.39 is 10.8 Å². The number of hydrogen-bond acceptors (Lipinski definition) is 4. The summed E-state index contributed by atoms with van der Waals surface area (Å²) in [5, 5.41) is 3.22. The zero-order valence-electron chi connectivity index (χ0n) is 17.7. The summed E-state index contributed by atoms with van der Waals surface area (Å²) >= 11 is 0. The molecular weight excluding hydrogens is 396 g/mol. The average molecular weight is 427 g/mol. The van der Waals surface area contributed by atoms with E-state index in [4.69, 9.17) is 0 Å². The Balaban J connectivity index is 1.27. The fourth-order valence-electron chi connectivity index (χ4n) is 4.19. The van der Waals surface area contributed by atoms with Crippen LogP contribution >= 0.6 is 0 Å². The highest BCUT2D eigenvalue weighted by Crippen LogP contribution is 2.23. The Morgan fingerprint density at radius 3 is 2.50 bits per heavy atom. The van der Waals surface area contributed by atoms with Crippen LogP contribution in [0.15, 0.2) is 47.6 Å². The molecule has 0 spiro atoms. The van der Waals surface area contributed by atoms with Crippen molar-refractivity contribution >= 4 is 16.8 Å². The van der Waals surface area contributed by atoms with Crippen LogP contribution in [0.3, 0.4) is 0 Å². The van der Waals surface area contributed by atoms with Crippen molar-refractivity contribution in [3.63, 3.8) is 0 Å². The molecule has 1 aromatic heterocycles.